The lowest BCUT2D eigenvalue weighted by Gasteiger charge is -2.15. The SMILES string of the molecule is CCNc1nc(C)nc(NCC2CCCS2(=O)=O)c1C. The molecule has 6 nitrogen and oxygen atoms in total. The summed E-state index contributed by atoms with van der Waals surface area (Å²) in [5.74, 6) is 2.50. The molecule has 2 heterocycles. The lowest BCUT2D eigenvalue weighted by molar-refractivity contribution is 0.591. The van der Waals surface area contributed by atoms with E-state index in [2.05, 4.69) is 20.6 Å². The van der Waals surface area contributed by atoms with Crippen LogP contribution in [-0.2, 0) is 9.84 Å². The number of nitrogens with one attached hydrogen (secondary N) is 2. The maximum absolute atomic E-state index is 11.8. The first-order valence-corrected chi connectivity index (χ1v) is 8.70. The fraction of sp³-hybridized carbons (Fsp3) is 0.692. The van der Waals surface area contributed by atoms with Gasteiger partial charge in [0, 0.05) is 18.7 Å². The first-order valence-electron chi connectivity index (χ1n) is 6.98. The van der Waals surface area contributed by atoms with Gasteiger partial charge in [-0.2, -0.15) is 0 Å². The summed E-state index contributed by atoms with van der Waals surface area (Å²) in [6.07, 6.45) is 1.50. The first-order chi connectivity index (χ1) is 9.44. The summed E-state index contributed by atoms with van der Waals surface area (Å²) in [7, 11) is -2.92. The summed E-state index contributed by atoms with van der Waals surface area (Å²) in [6, 6.07) is 0. The van der Waals surface area contributed by atoms with Gasteiger partial charge in [0.15, 0.2) is 9.84 Å². The fourth-order valence-electron chi connectivity index (χ4n) is 2.44. The maximum Gasteiger partial charge on any atom is 0.154 e. The van der Waals surface area contributed by atoms with Crippen LogP contribution < -0.4 is 10.6 Å². The first kappa shape index (κ1) is 15.0. The highest BCUT2D eigenvalue weighted by Gasteiger charge is 2.31. The Bertz CT molecular complexity index is 586. The molecule has 0 aromatic carbocycles. The Morgan fingerprint density at radius 2 is 1.85 bits per heavy atom. The molecule has 2 N–H and O–H groups in total. The zero-order valence-corrected chi connectivity index (χ0v) is 13.0. The van der Waals surface area contributed by atoms with Crippen molar-refractivity contribution in [3.8, 4) is 0 Å². The average Bonchev–Trinajstić information content (AvgIpc) is 2.71. The van der Waals surface area contributed by atoms with E-state index in [0.717, 1.165) is 36.6 Å². The number of aromatic nitrogens is 2. The molecule has 1 aliphatic rings. The van der Waals surface area contributed by atoms with Crippen molar-refractivity contribution in [3.63, 3.8) is 0 Å². The minimum atomic E-state index is -2.92. The summed E-state index contributed by atoms with van der Waals surface area (Å²) in [6.45, 7) is 6.98. The molecule has 0 aliphatic carbocycles. The van der Waals surface area contributed by atoms with E-state index in [1.807, 2.05) is 20.8 Å². The molecule has 112 valence electrons. The molecule has 1 saturated heterocycles. The number of aryl methyl sites for hydroxylation is 1. The molecule has 0 spiro atoms. The van der Waals surface area contributed by atoms with Gasteiger partial charge in [-0.3, -0.25) is 0 Å². The summed E-state index contributed by atoms with van der Waals surface area (Å²) >= 11 is 0. The molecule has 0 saturated carbocycles. The molecule has 20 heavy (non-hydrogen) atoms. The van der Waals surface area contributed by atoms with Crippen LogP contribution in [0, 0.1) is 13.8 Å². The van der Waals surface area contributed by atoms with Crippen molar-refractivity contribution >= 4 is 21.5 Å². The second-order valence-corrected chi connectivity index (χ2v) is 7.54. The molecule has 0 amide bonds. The van der Waals surface area contributed by atoms with Crippen molar-refractivity contribution in [3.05, 3.63) is 11.4 Å². The van der Waals surface area contributed by atoms with Crippen molar-refractivity contribution in [2.75, 3.05) is 29.5 Å². The van der Waals surface area contributed by atoms with Crippen LogP contribution in [0.15, 0.2) is 0 Å². The number of nitrogens with zero attached hydrogens (tertiary/aromatic N) is 2. The molecular formula is C13H22N4O2S. The van der Waals surface area contributed by atoms with Crippen molar-refractivity contribution in [1.82, 2.24) is 9.97 Å². The highest BCUT2D eigenvalue weighted by atomic mass is 32.2. The summed E-state index contributed by atoms with van der Waals surface area (Å²) in [5.41, 5.74) is 0.924. The third-order valence-corrected chi connectivity index (χ3v) is 5.84. The van der Waals surface area contributed by atoms with Crippen molar-refractivity contribution in [1.29, 1.82) is 0 Å². The topological polar surface area (TPSA) is 84.0 Å². The van der Waals surface area contributed by atoms with Gasteiger partial charge < -0.3 is 10.6 Å². The third kappa shape index (κ3) is 3.20. The van der Waals surface area contributed by atoms with Crippen LogP contribution in [-0.4, -0.2) is 42.5 Å². The lowest BCUT2D eigenvalue weighted by Crippen LogP contribution is -2.26. The summed E-state index contributed by atoms with van der Waals surface area (Å²) in [4.78, 5) is 8.72. The molecule has 1 fully saturated rings. The van der Waals surface area contributed by atoms with Gasteiger partial charge in [-0.1, -0.05) is 0 Å². The molecule has 1 aromatic rings. The van der Waals surface area contributed by atoms with E-state index < -0.39 is 9.84 Å². The number of hydrogen-bond acceptors (Lipinski definition) is 6. The van der Waals surface area contributed by atoms with E-state index in [0.29, 0.717) is 18.1 Å². The molecule has 1 atom stereocenters. The van der Waals surface area contributed by atoms with Gasteiger partial charge in [0.1, 0.15) is 17.5 Å². The largest absolute Gasteiger partial charge is 0.370 e. The highest BCUT2D eigenvalue weighted by molar-refractivity contribution is 7.92. The molecule has 1 aliphatic heterocycles. The molecule has 7 heteroatoms. The molecule has 0 radical (unpaired) electrons. The highest BCUT2D eigenvalue weighted by Crippen LogP contribution is 2.23. The molecule has 2 rings (SSSR count). The standard InChI is InChI=1S/C13H22N4O2S/c1-4-14-12-9(2)13(17-10(3)16-12)15-8-11-6-5-7-20(11,18)19/h11H,4-8H2,1-3H3,(H2,14,15,16,17). The van der Waals surface area contributed by atoms with Gasteiger partial charge in [-0.05, 0) is 33.6 Å². The minimum absolute atomic E-state index is 0.292. The second kappa shape index (κ2) is 5.95. The van der Waals surface area contributed by atoms with Crippen molar-refractivity contribution in [2.24, 2.45) is 0 Å². The zero-order valence-electron chi connectivity index (χ0n) is 12.2. The Balaban J connectivity index is 2.13. The van der Waals surface area contributed by atoms with E-state index in [1.165, 1.54) is 0 Å². The van der Waals surface area contributed by atoms with Gasteiger partial charge in [-0.15, -0.1) is 0 Å². The van der Waals surface area contributed by atoms with Crippen LogP contribution in [0.5, 0.6) is 0 Å². The zero-order chi connectivity index (χ0) is 14.8. The molecule has 1 aromatic heterocycles. The summed E-state index contributed by atoms with van der Waals surface area (Å²) in [5, 5.41) is 6.08. The number of sulfone groups is 1. The van der Waals surface area contributed by atoms with E-state index in [9.17, 15) is 8.42 Å². The van der Waals surface area contributed by atoms with E-state index in [-0.39, 0.29) is 5.25 Å². The van der Waals surface area contributed by atoms with Crippen molar-refractivity contribution < 1.29 is 8.42 Å². The Kier molecular flexibility index (Phi) is 4.47. The van der Waals surface area contributed by atoms with Crippen LogP contribution in [0.4, 0.5) is 11.6 Å². The quantitative estimate of drug-likeness (QED) is 0.857. The van der Waals surface area contributed by atoms with Crippen LogP contribution >= 0.6 is 0 Å². The van der Waals surface area contributed by atoms with Crippen molar-refractivity contribution in [2.45, 2.75) is 38.9 Å². The number of rotatable bonds is 5. The van der Waals surface area contributed by atoms with Crippen LogP contribution in [0.3, 0.4) is 0 Å². The normalized spacial score (nSPS) is 20.9. The second-order valence-electron chi connectivity index (χ2n) is 5.14. The number of hydrogen-bond donors (Lipinski definition) is 2. The number of anilines is 2. The van der Waals surface area contributed by atoms with Gasteiger partial charge in [0.2, 0.25) is 0 Å². The Labute approximate surface area is 120 Å². The van der Waals surface area contributed by atoms with Gasteiger partial charge >= 0.3 is 0 Å². The predicted molar refractivity (Wildman–Crippen MR) is 81.0 cm³/mol. The molecule has 0 bridgehead atoms. The average molecular weight is 298 g/mol. The van der Waals surface area contributed by atoms with E-state index >= 15 is 0 Å². The Morgan fingerprint density at radius 3 is 2.40 bits per heavy atom. The Hall–Kier alpha value is -1.37. The maximum atomic E-state index is 11.8. The van der Waals surface area contributed by atoms with Gasteiger partial charge in [0.05, 0.1) is 11.0 Å². The van der Waals surface area contributed by atoms with Crippen LogP contribution in [0.1, 0.15) is 31.2 Å². The van der Waals surface area contributed by atoms with Crippen LogP contribution in [0.25, 0.3) is 0 Å². The third-order valence-electron chi connectivity index (χ3n) is 3.56. The minimum Gasteiger partial charge on any atom is -0.370 e. The fourth-order valence-corrected chi connectivity index (χ4v) is 4.20. The van der Waals surface area contributed by atoms with Crippen LogP contribution in [0.2, 0.25) is 0 Å². The van der Waals surface area contributed by atoms with E-state index in [1.54, 1.807) is 0 Å². The molecule has 1 unspecified atom stereocenters. The predicted octanol–water partition coefficient (Wildman–Crippen LogP) is 1.51. The molecular weight excluding hydrogens is 276 g/mol. The summed E-state index contributed by atoms with van der Waals surface area (Å²) < 4.78 is 23.6. The Morgan fingerprint density at radius 1 is 1.20 bits per heavy atom. The van der Waals surface area contributed by atoms with Gasteiger partial charge in [-0.25, -0.2) is 18.4 Å². The monoisotopic (exact) mass is 298 g/mol. The lowest BCUT2D eigenvalue weighted by atomic mass is 10.2. The smallest absolute Gasteiger partial charge is 0.154 e. The van der Waals surface area contributed by atoms with E-state index in [4.69, 9.17) is 0 Å². The van der Waals surface area contributed by atoms with Gasteiger partial charge in [0.25, 0.3) is 0 Å².